The van der Waals surface area contributed by atoms with Crippen molar-refractivity contribution < 1.29 is 4.42 Å². The molecule has 0 aliphatic carbocycles. The Balaban J connectivity index is 1.96. The van der Waals surface area contributed by atoms with Crippen LogP contribution in [0.4, 0.5) is 0 Å². The van der Waals surface area contributed by atoms with Crippen molar-refractivity contribution in [3.63, 3.8) is 0 Å². The molecule has 0 spiro atoms. The molecule has 1 atom stereocenters. The number of fused-ring (bicyclic) bond motifs is 1. The fraction of sp³-hybridized carbons (Fsp3) is 0.333. The first-order valence-corrected chi connectivity index (χ1v) is 6.32. The number of hydrogen-bond donors (Lipinski definition) is 1. The lowest BCUT2D eigenvalue weighted by molar-refractivity contribution is 0.500. The third-order valence-electron chi connectivity index (χ3n) is 2.64. The second-order valence-electron chi connectivity index (χ2n) is 3.75. The third kappa shape index (κ3) is 1.77. The first-order chi connectivity index (χ1) is 7.43. The lowest BCUT2D eigenvalue weighted by atomic mass is 10.2. The van der Waals surface area contributed by atoms with Crippen molar-refractivity contribution in [1.82, 2.24) is 5.32 Å². The zero-order chi connectivity index (χ0) is 10.1. The minimum atomic E-state index is 0.339. The summed E-state index contributed by atoms with van der Waals surface area (Å²) >= 11 is 1.93. The van der Waals surface area contributed by atoms with E-state index in [1.807, 2.05) is 30.0 Å². The van der Waals surface area contributed by atoms with E-state index < -0.39 is 0 Å². The number of para-hydroxylation sites is 1. The predicted molar refractivity (Wildman–Crippen MR) is 64.0 cm³/mol. The standard InChI is InChI=1S/C12H13NOS/c1-2-5-10-9(4-1)8-11(14-10)12-13-6-3-7-15-12/h1-2,4-5,8,12-13H,3,6-7H2. The normalized spacial score (nSPS) is 22.0. The molecule has 1 aromatic heterocycles. The Bertz CT molecular complexity index is 426. The van der Waals surface area contributed by atoms with Gasteiger partial charge in [-0.1, -0.05) is 18.2 Å². The second kappa shape index (κ2) is 3.91. The molecule has 0 radical (unpaired) electrons. The Kier molecular flexibility index (Phi) is 2.43. The largest absolute Gasteiger partial charge is 0.458 e. The highest BCUT2D eigenvalue weighted by Gasteiger charge is 2.18. The molecule has 0 saturated carbocycles. The van der Waals surface area contributed by atoms with Crippen molar-refractivity contribution in [2.45, 2.75) is 11.8 Å². The molecule has 1 aliphatic heterocycles. The second-order valence-corrected chi connectivity index (χ2v) is 4.96. The summed E-state index contributed by atoms with van der Waals surface area (Å²) < 4.78 is 5.82. The monoisotopic (exact) mass is 219 g/mol. The summed E-state index contributed by atoms with van der Waals surface area (Å²) in [4.78, 5) is 0. The predicted octanol–water partition coefficient (Wildman–Crippen LogP) is 3.16. The van der Waals surface area contributed by atoms with Crippen molar-refractivity contribution in [2.24, 2.45) is 0 Å². The highest BCUT2D eigenvalue weighted by molar-refractivity contribution is 7.99. The third-order valence-corrected chi connectivity index (χ3v) is 3.90. The number of benzene rings is 1. The van der Waals surface area contributed by atoms with Crippen LogP contribution < -0.4 is 5.32 Å². The fourth-order valence-corrected chi connectivity index (χ4v) is 2.94. The average molecular weight is 219 g/mol. The van der Waals surface area contributed by atoms with E-state index >= 15 is 0 Å². The molecule has 1 aliphatic rings. The highest BCUT2D eigenvalue weighted by Crippen LogP contribution is 2.32. The summed E-state index contributed by atoms with van der Waals surface area (Å²) in [6, 6.07) is 10.3. The van der Waals surface area contributed by atoms with Gasteiger partial charge in [0.1, 0.15) is 16.7 Å². The van der Waals surface area contributed by atoms with E-state index in [1.54, 1.807) is 0 Å². The van der Waals surface area contributed by atoms with Gasteiger partial charge in [0.15, 0.2) is 0 Å². The molecule has 0 bridgehead atoms. The Morgan fingerprint density at radius 2 is 2.27 bits per heavy atom. The molecule has 1 saturated heterocycles. The molecule has 3 heteroatoms. The maximum absolute atomic E-state index is 5.82. The number of furan rings is 1. The van der Waals surface area contributed by atoms with Crippen molar-refractivity contribution in [3.05, 3.63) is 36.1 Å². The van der Waals surface area contributed by atoms with E-state index in [1.165, 1.54) is 17.6 Å². The zero-order valence-electron chi connectivity index (χ0n) is 8.40. The van der Waals surface area contributed by atoms with Crippen LogP contribution >= 0.6 is 11.8 Å². The maximum Gasteiger partial charge on any atom is 0.134 e. The first kappa shape index (κ1) is 9.31. The van der Waals surface area contributed by atoms with E-state index in [0.717, 1.165) is 17.9 Å². The zero-order valence-corrected chi connectivity index (χ0v) is 9.22. The molecule has 78 valence electrons. The Labute approximate surface area is 93.0 Å². The molecule has 2 aromatic rings. The van der Waals surface area contributed by atoms with Crippen LogP contribution in [0.15, 0.2) is 34.7 Å². The van der Waals surface area contributed by atoms with Gasteiger partial charge in [-0.2, -0.15) is 0 Å². The van der Waals surface area contributed by atoms with E-state index in [4.69, 9.17) is 4.42 Å². The molecular weight excluding hydrogens is 206 g/mol. The van der Waals surface area contributed by atoms with Gasteiger partial charge in [-0.15, -0.1) is 11.8 Å². The van der Waals surface area contributed by atoms with Crippen molar-refractivity contribution in [2.75, 3.05) is 12.3 Å². The van der Waals surface area contributed by atoms with Gasteiger partial charge < -0.3 is 4.42 Å². The topological polar surface area (TPSA) is 25.2 Å². The molecule has 15 heavy (non-hydrogen) atoms. The molecule has 1 unspecified atom stereocenters. The Morgan fingerprint density at radius 3 is 3.07 bits per heavy atom. The van der Waals surface area contributed by atoms with Gasteiger partial charge >= 0.3 is 0 Å². The van der Waals surface area contributed by atoms with Crippen molar-refractivity contribution >= 4 is 22.7 Å². The SMILES string of the molecule is c1ccc2oc(C3NCCCS3)cc2c1. The van der Waals surface area contributed by atoms with E-state index in [2.05, 4.69) is 17.4 Å². The summed E-state index contributed by atoms with van der Waals surface area (Å²) in [6.07, 6.45) is 1.25. The minimum Gasteiger partial charge on any atom is -0.458 e. The van der Waals surface area contributed by atoms with Crippen LogP contribution in [-0.2, 0) is 0 Å². The van der Waals surface area contributed by atoms with E-state index in [9.17, 15) is 0 Å². The maximum atomic E-state index is 5.82. The summed E-state index contributed by atoms with van der Waals surface area (Å²) in [6.45, 7) is 1.09. The molecule has 3 rings (SSSR count). The lowest BCUT2D eigenvalue weighted by Crippen LogP contribution is -2.24. The summed E-state index contributed by atoms with van der Waals surface area (Å²) in [5.41, 5.74) is 0.987. The van der Waals surface area contributed by atoms with E-state index in [-0.39, 0.29) is 0 Å². The quantitative estimate of drug-likeness (QED) is 0.797. The number of thioether (sulfide) groups is 1. The number of nitrogens with one attached hydrogen (secondary N) is 1. The fourth-order valence-electron chi connectivity index (χ4n) is 1.88. The van der Waals surface area contributed by atoms with Crippen LogP contribution in [0.3, 0.4) is 0 Å². The Morgan fingerprint density at radius 1 is 1.33 bits per heavy atom. The van der Waals surface area contributed by atoms with Gasteiger partial charge in [0.05, 0.1) is 0 Å². The average Bonchev–Trinajstić information content (AvgIpc) is 2.74. The van der Waals surface area contributed by atoms with Gasteiger partial charge in [0, 0.05) is 5.39 Å². The van der Waals surface area contributed by atoms with Crippen LogP contribution in [-0.4, -0.2) is 12.3 Å². The highest BCUT2D eigenvalue weighted by atomic mass is 32.2. The van der Waals surface area contributed by atoms with Gasteiger partial charge in [0.25, 0.3) is 0 Å². The van der Waals surface area contributed by atoms with Crippen LogP contribution in [0.25, 0.3) is 11.0 Å². The van der Waals surface area contributed by atoms with Gasteiger partial charge in [0.2, 0.25) is 0 Å². The van der Waals surface area contributed by atoms with Crippen LogP contribution in [0, 0.1) is 0 Å². The van der Waals surface area contributed by atoms with Crippen molar-refractivity contribution in [1.29, 1.82) is 0 Å². The summed E-state index contributed by atoms with van der Waals surface area (Å²) in [7, 11) is 0. The minimum absolute atomic E-state index is 0.339. The van der Waals surface area contributed by atoms with Crippen molar-refractivity contribution in [3.8, 4) is 0 Å². The number of hydrogen-bond acceptors (Lipinski definition) is 3. The first-order valence-electron chi connectivity index (χ1n) is 5.27. The van der Waals surface area contributed by atoms with Crippen LogP contribution in [0.5, 0.6) is 0 Å². The molecule has 0 amide bonds. The summed E-state index contributed by atoms with van der Waals surface area (Å²) in [5.74, 6) is 2.27. The number of rotatable bonds is 1. The molecule has 2 nitrogen and oxygen atoms in total. The van der Waals surface area contributed by atoms with Gasteiger partial charge in [-0.05, 0) is 30.9 Å². The summed E-state index contributed by atoms with van der Waals surface area (Å²) in [5, 5.41) is 5.00. The Hall–Kier alpha value is -0.930. The smallest absolute Gasteiger partial charge is 0.134 e. The van der Waals surface area contributed by atoms with Crippen LogP contribution in [0.1, 0.15) is 17.6 Å². The molecule has 2 heterocycles. The van der Waals surface area contributed by atoms with Crippen LogP contribution in [0.2, 0.25) is 0 Å². The molecular formula is C12H13NOS. The molecule has 1 N–H and O–H groups in total. The lowest BCUT2D eigenvalue weighted by Gasteiger charge is -2.20. The molecule has 1 fully saturated rings. The van der Waals surface area contributed by atoms with Gasteiger partial charge in [-0.3, -0.25) is 5.32 Å². The molecule has 1 aromatic carbocycles. The van der Waals surface area contributed by atoms with Gasteiger partial charge in [-0.25, -0.2) is 0 Å². The van der Waals surface area contributed by atoms with E-state index in [0.29, 0.717) is 5.37 Å².